The fraction of sp³-hybridized carbons (Fsp3) is 0.152. The Kier molecular flexibility index (Phi) is 6.37. The number of fused-ring (bicyclic) bond motifs is 4. The summed E-state index contributed by atoms with van der Waals surface area (Å²) in [5.41, 5.74) is 0.682. The molecule has 0 fully saturated rings. The van der Waals surface area contributed by atoms with Gasteiger partial charge >= 0.3 is 0 Å². The van der Waals surface area contributed by atoms with Crippen molar-refractivity contribution in [2.45, 2.75) is 50.0 Å². The molecule has 0 atom stereocenters. The molecule has 2 nitrogen and oxygen atoms in total. The van der Waals surface area contributed by atoms with Crippen LogP contribution in [0.2, 0.25) is 0 Å². The van der Waals surface area contributed by atoms with Crippen molar-refractivity contribution in [2.75, 3.05) is 0 Å². The summed E-state index contributed by atoms with van der Waals surface area (Å²) in [6.07, 6.45) is 1.97. The number of benzene rings is 4. The first-order valence-corrected chi connectivity index (χ1v) is 13.9. The maximum Gasteiger partial charge on any atom is 0.179 e. The first-order chi connectivity index (χ1) is 18.1. The molecule has 0 saturated heterocycles. The molecule has 0 unspecified atom stereocenters. The molecule has 4 heteroatoms. The molecule has 0 saturated carbocycles. The molecular weight excluding hydrogens is 492 g/mol. The van der Waals surface area contributed by atoms with Crippen molar-refractivity contribution < 1.29 is 10.2 Å². The predicted molar refractivity (Wildman–Crippen MR) is 149 cm³/mol. The van der Waals surface area contributed by atoms with E-state index in [0.717, 1.165) is 48.3 Å². The second-order valence-corrected chi connectivity index (χ2v) is 11.2. The van der Waals surface area contributed by atoms with E-state index in [4.69, 9.17) is 0 Å². The van der Waals surface area contributed by atoms with Crippen LogP contribution < -0.4 is 0 Å². The molecule has 0 aromatic heterocycles. The maximum atomic E-state index is 11.7. The van der Waals surface area contributed by atoms with Crippen LogP contribution in [-0.2, 0) is 11.2 Å². The monoisotopic (exact) mass is 516 g/mol. The van der Waals surface area contributed by atoms with Crippen molar-refractivity contribution in [1.82, 2.24) is 0 Å². The summed E-state index contributed by atoms with van der Waals surface area (Å²) in [7, 11) is 0. The number of hydrogen-bond donors (Lipinski definition) is 2. The van der Waals surface area contributed by atoms with E-state index in [1.54, 1.807) is 23.5 Å². The minimum Gasteiger partial charge on any atom is -0.369 e. The van der Waals surface area contributed by atoms with Crippen LogP contribution in [0, 0.1) is 23.7 Å². The Morgan fingerprint density at radius 1 is 0.486 bits per heavy atom. The van der Waals surface area contributed by atoms with E-state index in [2.05, 4.69) is 23.7 Å². The summed E-state index contributed by atoms with van der Waals surface area (Å²) in [6, 6.07) is 31.7. The lowest BCUT2D eigenvalue weighted by atomic mass is 9.86. The first-order valence-electron chi connectivity index (χ1n) is 12.3. The smallest absolute Gasteiger partial charge is 0.179 e. The van der Waals surface area contributed by atoms with Gasteiger partial charge in [0.2, 0.25) is 0 Å². The molecule has 2 aliphatic heterocycles. The van der Waals surface area contributed by atoms with Crippen molar-refractivity contribution in [3.8, 4) is 23.7 Å². The number of hydrogen-bond acceptors (Lipinski definition) is 4. The number of rotatable bonds is 2. The Balaban J connectivity index is 1.20. The topological polar surface area (TPSA) is 40.5 Å². The van der Waals surface area contributed by atoms with E-state index < -0.39 is 11.2 Å². The lowest BCUT2D eigenvalue weighted by Gasteiger charge is -2.32. The molecule has 4 aromatic carbocycles. The third kappa shape index (κ3) is 4.27. The lowest BCUT2D eigenvalue weighted by Crippen LogP contribution is -2.29. The molecule has 0 amide bonds. The maximum absolute atomic E-state index is 11.7. The molecule has 2 aliphatic rings. The second kappa shape index (κ2) is 9.82. The van der Waals surface area contributed by atoms with E-state index in [1.807, 2.05) is 97.1 Å². The van der Waals surface area contributed by atoms with Crippen LogP contribution in [0.15, 0.2) is 117 Å². The van der Waals surface area contributed by atoms with Gasteiger partial charge in [0, 0.05) is 54.7 Å². The molecular formula is C33H24O2S2. The third-order valence-corrected chi connectivity index (χ3v) is 8.99. The molecule has 0 aliphatic carbocycles. The van der Waals surface area contributed by atoms with Crippen molar-refractivity contribution >= 4 is 23.5 Å². The van der Waals surface area contributed by atoms with E-state index in [1.165, 1.54) is 0 Å². The van der Waals surface area contributed by atoms with Crippen LogP contribution in [0.25, 0.3) is 0 Å². The van der Waals surface area contributed by atoms with Crippen LogP contribution in [0.3, 0.4) is 0 Å². The summed E-state index contributed by atoms with van der Waals surface area (Å²) in [5.74, 6) is 12.8. The second-order valence-electron chi connectivity index (χ2n) is 9.07. The van der Waals surface area contributed by atoms with Crippen molar-refractivity contribution in [1.29, 1.82) is 0 Å². The van der Waals surface area contributed by atoms with Gasteiger partial charge in [0.1, 0.15) is 0 Å². The number of unbranched alkanes of at least 4 members (excludes halogenated alkanes) is 2. The average Bonchev–Trinajstić information content (AvgIpc) is 2.93. The highest BCUT2D eigenvalue weighted by molar-refractivity contribution is 7.99. The highest BCUT2D eigenvalue weighted by Gasteiger charge is 2.38. The van der Waals surface area contributed by atoms with Crippen LogP contribution in [0.5, 0.6) is 0 Å². The Labute approximate surface area is 226 Å². The van der Waals surface area contributed by atoms with Gasteiger partial charge in [0.15, 0.2) is 11.2 Å². The molecule has 2 heterocycles. The van der Waals surface area contributed by atoms with Gasteiger partial charge in [-0.2, -0.15) is 0 Å². The van der Waals surface area contributed by atoms with Gasteiger partial charge in [0.25, 0.3) is 0 Å². The SMILES string of the molecule is OC1(C#CCCCC#CC2(O)c3ccccc3Sc3ccccc32)c2ccccc2Sc2ccccc21. The highest BCUT2D eigenvalue weighted by Crippen LogP contribution is 2.48. The van der Waals surface area contributed by atoms with Crippen LogP contribution in [0.4, 0.5) is 0 Å². The molecule has 6 rings (SSSR count). The molecule has 0 bridgehead atoms. The largest absolute Gasteiger partial charge is 0.369 e. The molecule has 2 N–H and O–H groups in total. The Morgan fingerprint density at radius 2 is 0.784 bits per heavy atom. The van der Waals surface area contributed by atoms with Gasteiger partial charge in [-0.3, -0.25) is 0 Å². The summed E-state index contributed by atoms with van der Waals surface area (Å²) in [4.78, 5) is 4.12. The van der Waals surface area contributed by atoms with E-state index in [-0.39, 0.29) is 0 Å². The molecule has 180 valence electrons. The van der Waals surface area contributed by atoms with Crippen molar-refractivity contribution in [2.24, 2.45) is 0 Å². The van der Waals surface area contributed by atoms with Gasteiger partial charge in [-0.25, -0.2) is 0 Å². The first kappa shape index (κ1) is 24.0. The Bertz CT molecular complexity index is 1400. The minimum absolute atomic E-state index is 0.607. The van der Waals surface area contributed by atoms with Crippen molar-refractivity contribution in [3.63, 3.8) is 0 Å². The Morgan fingerprint density at radius 3 is 1.11 bits per heavy atom. The average molecular weight is 517 g/mol. The highest BCUT2D eigenvalue weighted by atomic mass is 32.2. The Hall–Kier alpha value is -3.38. The predicted octanol–water partition coefficient (Wildman–Crippen LogP) is 6.96. The summed E-state index contributed by atoms with van der Waals surface area (Å²) < 4.78 is 0. The summed E-state index contributed by atoms with van der Waals surface area (Å²) in [5, 5.41) is 23.4. The van der Waals surface area contributed by atoms with Crippen LogP contribution in [-0.4, -0.2) is 10.2 Å². The van der Waals surface area contributed by atoms with Gasteiger partial charge in [-0.15, -0.1) is 0 Å². The van der Waals surface area contributed by atoms with Gasteiger partial charge < -0.3 is 10.2 Å². The normalized spacial score (nSPS) is 15.4. The summed E-state index contributed by atoms with van der Waals surface area (Å²) >= 11 is 3.33. The van der Waals surface area contributed by atoms with Gasteiger partial charge in [-0.1, -0.05) is 120 Å². The zero-order valence-corrected chi connectivity index (χ0v) is 21.7. The van der Waals surface area contributed by atoms with Crippen LogP contribution in [0.1, 0.15) is 41.5 Å². The zero-order valence-electron chi connectivity index (χ0n) is 20.1. The molecule has 4 aromatic rings. The van der Waals surface area contributed by atoms with Gasteiger partial charge in [0.05, 0.1) is 0 Å². The fourth-order valence-electron chi connectivity index (χ4n) is 4.86. The van der Waals surface area contributed by atoms with E-state index in [0.29, 0.717) is 12.8 Å². The lowest BCUT2D eigenvalue weighted by molar-refractivity contribution is 0.137. The number of aliphatic hydroxyl groups is 2. The quantitative estimate of drug-likeness (QED) is 0.223. The van der Waals surface area contributed by atoms with Crippen molar-refractivity contribution in [3.05, 3.63) is 119 Å². The molecule has 0 spiro atoms. The standard InChI is InChI=1S/C33H24O2S2/c34-32(24-14-4-8-18-28(24)36-29-19-9-5-15-25(29)32)22-12-2-1-3-13-23-33(35)26-16-6-10-20-30(26)37-31-21-11-7-17-27(31)33/h4-11,14-21,34-35H,1-3H2. The van der Waals surface area contributed by atoms with E-state index >= 15 is 0 Å². The van der Waals surface area contributed by atoms with Crippen LogP contribution >= 0.6 is 23.5 Å². The van der Waals surface area contributed by atoms with E-state index in [9.17, 15) is 10.2 Å². The summed E-state index contributed by atoms with van der Waals surface area (Å²) in [6.45, 7) is 0. The zero-order chi connectivity index (χ0) is 25.3. The van der Waals surface area contributed by atoms with Gasteiger partial charge in [-0.05, 0) is 30.7 Å². The molecule has 37 heavy (non-hydrogen) atoms. The fourth-order valence-corrected chi connectivity index (χ4v) is 7.22. The molecule has 0 radical (unpaired) electrons. The third-order valence-electron chi connectivity index (χ3n) is 6.69. The minimum atomic E-state index is -1.33.